The first-order valence-corrected chi connectivity index (χ1v) is 2.53. The average Bonchev–Trinajstić information content (AvgIpc) is 1.68. The predicted molar refractivity (Wildman–Crippen MR) is 33.1 cm³/mol. The van der Waals surface area contributed by atoms with Gasteiger partial charge in [0, 0.05) is 13.1 Å². The Bertz CT molecular complexity index is 63.5. The van der Waals surface area contributed by atoms with Gasteiger partial charge in [-0.2, -0.15) is 0 Å². The van der Waals surface area contributed by atoms with E-state index in [-0.39, 0.29) is 6.67 Å². The summed E-state index contributed by atoms with van der Waals surface area (Å²) in [5, 5.41) is 0. The lowest BCUT2D eigenvalue weighted by molar-refractivity contribution is 0.353. The molecule has 8 heavy (non-hydrogen) atoms. The largest absolute Gasteiger partial charge is 0.295 e. The summed E-state index contributed by atoms with van der Waals surface area (Å²) in [5.41, 5.74) is 0. The summed E-state index contributed by atoms with van der Waals surface area (Å²) in [4.78, 5) is 1.74. The first kappa shape index (κ1) is 7.63. The predicted octanol–water partition coefficient (Wildman–Crippen LogP) is 1.24. The van der Waals surface area contributed by atoms with Crippen molar-refractivity contribution < 1.29 is 4.39 Å². The molecule has 0 fully saturated rings. The van der Waals surface area contributed by atoms with E-state index in [4.69, 9.17) is 0 Å². The van der Waals surface area contributed by atoms with Crippen molar-refractivity contribution in [3.05, 3.63) is 19.2 Å². The second-order valence-corrected chi connectivity index (χ2v) is 1.55. The first-order chi connectivity index (χ1) is 3.81. The van der Waals surface area contributed by atoms with Gasteiger partial charge < -0.3 is 0 Å². The molecule has 0 N–H and O–H groups in total. The minimum Gasteiger partial charge on any atom is -0.295 e. The average molecular weight is 116 g/mol. The molecule has 0 aliphatic heterocycles. The molecule has 47 valence electrons. The van der Waals surface area contributed by atoms with Gasteiger partial charge in [-0.3, -0.25) is 4.90 Å². The Labute approximate surface area is 49.8 Å². The standard InChI is InChI=1S/C6H11FN/c1-3-5-8(2)6-4-7/h3,5H,1,4,6H2,2H3. The highest BCUT2D eigenvalue weighted by Crippen LogP contribution is 1.86. The highest BCUT2D eigenvalue weighted by molar-refractivity contribution is 4.84. The van der Waals surface area contributed by atoms with E-state index in [1.165, 1.54) is 0 Å². The molecule has 0 aromatic carbocycles. The minimum atomic E-state index is -0.305. The van der Waals surface area contributed by atoms with E-state index in [9.17, 15) is 4.39 Å². The van der Waals surface area contributed by atoms with Crippen LogP contribution in [0, 0.1) is 6.54 Å². The van der Waals surface area contributed by atoms with Crippen molar-refractivity contribution in [2.75, 3.05) is 20.3 Å². The zero-order valence-electron chi connectivity index (χ0n) is 5.10. The van der Waals surface area contributed by atoms with Crippen molar-refractivity contribution in [1.29, 1.82) is 0 Å². The third kappa shape index (κ3) is 3.81. The third-order valence-corrected chi connectivity index (χ3v) is 0.797. The molecule has 0 heterocycles. The third-order valence-electron chi connectivity index (χ3n) is 0.797. The van der Waals surface area contributed by atoms with Crippen molar-refractivity contribution in [2.45, 2.75) is 0 Å². The van der Waals surface area contributed by atoms with Crippen LogP contribution in [0.4, 0.5) is 4.39 Å². The van der Waals surface area contributed by atoms with Crippen LogP contribution in [0.3, 0.4) is 0 Å². The summed E-state index contributed by atoms with van der Waals surface area (Å²) >= 11 is 0. The van der Waals surface area contributed by atoms with Gasteiger partial charge in [0.1, 0.15) is 6.67 Å². The maximum absolute atomic E-state index is 11.5. The molecule has 0 bridgehead atoms. The smallest absolute Gasteiger partial charge is 0.102 e. The van der Waals surface area contributed by atoms with Gasteiger partial charge in [0.05, 0.1) is 0 Å². The van der Waals surface area contributed by atoms with Crippen LogP contribution in [0.5, 0.6) is 0 Å². The SMILES string of the molecule is C=C[CH]N(C)CCF. The molecule has 0 saturated carbocycles. The van der Waals surface area contributed by atoms with Crippen LogP contribution in [0.2, 0.25) is 0 Å². The molecule has 1 nitrogen and oxygen atoms in total. The van der Waals surface area contributed by atoms with Crippen LogP contribution in [0.15, 0.2) is 12.7 Å². The summed E-state index contributed by atoms with van der Waals surface area (Å²) in [5.74, 6) is 0. The summed E-state index contributed by atoms with van der Waals surface area (Å²) in [6, 6.07) is 0. The lowest BCUT2D eigenvalue weighted by Gasteiger charge is -2.08. The van der Waals surface area contributed by atoms with Crippen molar-refractivity contribution in [1.82, 2.24) is 4.90 Å². The van der Waals surface area contributed by atoms with Gasteiger partial charge in [-0.15, -0.1) is 6.58 Å². The van der Waals surface area contributed by atoms with Crippen LogP contribution < -0.4 is 0 Å². The zero-order chi connectivity index (χ0) is 6.41. The molecular formula is C6H11FN. The number of halogens is 1. The number of likely N-dealkylation sites (N-methyl/N-ethyl adjacent to an activating group) is 1. The van der Waals surface area contributed by atoms with E-state index in [1.807, 2.05) is 0 Å². The van der Waals surface area contributed by atoms with Gasteiger partial charge in [0.15, 0.2) is 0 Å². The molecule has 0 unspecified atom stereocenters. The van der Waals surface area contributed by atoms with Crippen LogP contribution in [0.1, 0.15) is 0 Å². The van der Waals surface area contributed by atoms with Crippen LogP contribution in [-0.2, 0) is 0 Å². The van der Waals surface area contributed by atoms with Gasteiger partial charge in [-0.1, -0.05) is 6.08 Å². The Morgan fingerprint density at radius 3 is 2.75 bits per heavy atom. The van der Waals surface area contributed by atoms with E-state index in [2.05, 4.69) is 6.58 Å². The molecular weight excluding hydrogens is 105 g/mol. The summed E-state index contributed by atoms with van der Waals surface area (Å²) in [6.45, 7) is 5.34. The van der Waals surface area contributed by atoms with Crippen molar-refractivity contribution in [2.24, 2.45) is 0 Å². The molecule has 0 rings (SSSR count). The molecule has 0 atom stereocenters. The van der Waals surface area contributed by atoms with Crippen molar-refractivity contribution >= 4 is 0 Å². The number of hydrogen-bond acceptors (Lipinski definition) is 1. The molecule has 2 heteroatoms. The lowest BCUT2D eigenvalue weighted by Crippen LogP contribution is -2.16. The quantitative estimate of drug-likeness (QED) is 0.534. The highest BCUT2D eigenvalue weighted by atomic mass is 19.1. The Kier molecular flexibility index (Phi) is 4.56. The summed E-state index contributed by atoms with van der Waals surface area (Å²) < 4.78 is 11.5. The van der Waals surface area contributed by atoms with E-state index in [0.29, 0.717) is 6.54 Å². The van der Waals surface area contributed by atoms with Gasteiger partial charge in [0.25, 0.3) is 0 Å². The van der Waals surface area contributed by atoms with Gasteiger partial charge >= 0.3 is 0 Å². The fourth-order valence-electron chi connectivity index (χ4n) is 0.388. The zero-order valence-corrected chi connectivity index (χ0v) is 5.10. The maximum atomic E-state index is 11.5. The maximum Gasteiger partial charge on any atom is 0.102 e. The Morgan fingerprint density at radius 2 is 2.38 bits per heavy atom. The van der Waals surface area contributed by atoms with Crippen molar-refractivity contribution in [3.8, 4) is 0 Å². The van der Waals surface area contributed by atoms with Gasteiger partial charge in [-0.05, 0) is 7.05 Å². The van der Waals surface area contributed by atoms with E-state index < -0.39 is 0 Å². The fourth-order valence-corrected chi connectivity index (χ4v) is 0.388. The topological polar surface area (TPSA) is 3.24 Å². The minimum absolute atomic E-state index is 0.305. The molecule has 0 aromatic rings. The molecule has 0 amide bonds. The monoisotopic (exact) mass is 116 g/mol. The van der Waals surface area contributed by atoms with Crippen molar-refractivity contribution in [3.63, 3.8) is 0 Å². The Hall–Kier alpha value is -0.370. The summed E-state index contributed by atoms with van der Waals surface area (Å²) in [7, 11) is 1.81. The molecule has 0 saturated heterocycles. The molecule has 0 aliphatic carbocycles. The number of alkyl halides is 1. The molecule has 0 aromatic heterocycles. The van der Waals surface area contributed by atoms with Crippen LogP contribution in [-0.4, -0.2) is 25.2 Å². The second kappa shape index (κ2) is 4.78. The Balaban J connectivity index is 3.03. The van der Waals surface area contributed by atoms with Gasteiger partial charge in [-0.25, -0.2) is 4.39 Å². The number of nitrogens with zero attached hydrogens (tertiary/aromatic N) is 1. The number of hydrogen-bond donors (Lipinski definition) is 0. The molecule has 1 radical (unpaired) electrons. The van der Waals surface area contributed by atoms with Crippen LogP contribution in [0.25, 0.3) is 0 Å². The fraction of sp³-hybridized carbons (Fsp3) is 0.500. The first-order valence-electron chi connectivity index (χ1n) is 2.53. The normalized spacial score (nSPS) is 9.88. The number of rotatable bonds is 4. The Morgan fingerprint density at radius 1 is 1.75 bits per heavy atom. The molecule has 0 spiro atoms. The van der Waals surface area contributed by atoms with Crippen LogP contribution >= 0.6 is 0 Å². The molecule has 0 aliphatic rings. The summed E-state index contributed by atoms with van der Waals surface area (Å²) in [6.07, 6.45) is 1.63. The lowest BCUT2D eigenvalue weighted by atomic mass is 10.5. The van der Waals surface area contributed by atoms with E-state index >= 15 is 0 Å². The van der Waals surface area contributed by atoms with E-state index in [1.54, 1.807) is 24.6 Å². The van der Waals surface area contributed by atoms with E-state index in [0.717, 1.165) is 0 Å². The van der Waals surface area contributed by atoms with Gasteiger partial charge in [0.2, 0.25) is 0 Å². The highest BCUT2D eigenvalue weighted by Gasteiger charge is 1.90. The second-order valence-electron chi connectivity index (χ2n) is 1.55.